The van der Waals surface area contributed by atoms with Gasteiger partial charge < -0.3 is 11.5 Å². The van der Waals surface area contributed by atoms with Gasteiger partial charge in [-0.15, -0.1) is 0 Å². The molecule has 2 amide bonds. The largest absolute Gasteiger partial charge is 0.366 e. The number of unbranched alkanes of at least 4 members (excludes halogenated alkanes) is 2. The molecule has 0 heterocycles. The number of hydrogen-bond acceptors (Lipinski definition) is 2. The highest BCUT2D eigenvalue weighted by molar-refractivity contribution is 6.07. The Morgan fingerprint density at radius 3 is 2.05 bits per heavy atom. The summed E-state index contributed by atoms with van der Waals surface area (Å²) in [6, 6.07) is 3.54. The van der Waals surface area contributed by atoms with E-state index in [-0.39, 0.29) is 5.56 Å². The van der Waals surface area contributed by atoms with Gasteiger partial charge in [0.15, 0.2) is 0 Å². The monoisotopic (exact) mass is 276 g/mol. The minimum absolute atomic E-state index is 0.240. The first-order valence-electron chi connectivity index (χ1n) is 7.27. The van der Waals surface area contributed by atoms with Gasteiger partial charge in [0.2, 0.25) is 11.8 Å². The van der Waals surface area contributed by atoms with E-state index in [9.17, 15) is 9.59 Å². The molecule has 4 heteroatoms. The highest BCUT2D eigenvalue weighted by Gasteiger charge is 2.19. The summed E-state index contributed by atoms with van der Waals surface area (Å²) in [6.45, 7) is 4.21. The fraction of sp³-hybridized carbons (Fsp3) is 0.500. The summed E-state index contributed by atoms with van der Waals surface area (Å²) in [6.07, 6.45) is 5.77. The Bertz CT molecular complexity index is 495. The summed E-state index contributed by atoms with van der Waals surface area (Å²) in [5, 5.41) is 0. The highest BCUT2D eigenvalue weighted by atomic mass is 16.2. The quantitative estimate of drug-likeness (QED) is 0.764. The number of carbonyl (C=O) groups excluding carboxylic acids is 2. The summed E-state index contributed by atoms with van der Waals surface area (Å²) >= 11 is 0. The van der Waals surface area contributed by atoms with Crippen LogP contribution in [0.4, 0.5) is 0 Å². The number of benzene rings is 1. The molecule has 1 rings (SSSR count). The van der Waals surface area contributed by atoms with Gasteiger partial charge in [0.25, 0.3) is 0 Å². The third-order valence-corrected chi connectivity index (χ3v) is 3.50. The van der Waals surface area contributed by atoms with Crippen LogP contribution in [-0.4, -0.2) is 11.8 Å². The van der Waals surface area contributed by atoms with Crippen molar-refractivity contribution in [3.8, 4) is 0 Å². The van der Waals surface area contributed by atoms with Crippen LogP contribution in [0, 0.1) is 0 Å². The first kappa shape index (κ1) is 16.2. The Kier molecular flexibility index (Phi) is 6.22. The van der Waals surface area contributed by atoms with E-state index in [0.29, 0.717) is 5.56 Å². The lowest BCUT2D eigenvalue weighted by molar-refractivity contribution is 0.0966. The molecule has 0 radical (unpaired) electrons. The van der Waals surface area contributed by atoms with Crippen LogP contribution in [0.2, 0.25) is 0 Å². The molecule has 0 unspecified atom stereocenters. The molecule has 0 aliphatic carbocycles. The molecule has 110 valence electrons. The number of carbonyl (C=O) groups is 2. The molecule has 0 aliphatic rings. The zero-order chi connectivity index (χ0) is 15.1. The average molecular weight is 276 g/mol. The lowest BCUT2D eigenvalue weighted by Gasteiger charge is -2.15. The van der Waals surface area contributed by atoms with E-state index in [0.717, 1.165) is 49.7 Å². The number of nitrogens with two attached hydrogens (primary N) is 2. The normalized spacial score (nSPS) is 10.5. The van der Waals surface area contributed by atoms with E-state index < -0.39 is 11.8 Å². The van der Waals surface area contributed by atoms with Gasteiger partial charge in [-0.1, -0.05) is 32.8 Å². The molecule has 1 aromatic carbocycles. The predicted octanol–water partition coefficient (Wildman–Crippen LogP) is 2.57. The Hall–Kier alpha value is -1.84. The van der Waals surface area contributed by atoms with Crippen LogP contribution in [0.1, 0.15) is 71.4 Å². The lowest BCUT2D eigenvalue weighted by atomic mass is 9.89. The standard InChI is InChI=1S/C16H24N2O2/c1-3-5-7-11-9-10-13(15(17)19)14(16(18)20)12(11)8-6-4-2/h9-10H,3-8H2,1-2H3,(H2,17,19)(H2,18,20). The SMILES string of the molecule is CCCCc1ccc(C(N)=O)c(C(N)=O)c1CCCC. The van der Waals surface area contributed by atoms with Gasteiger partial charge >= 0.3 is 0 Å². The molecule has 0 saturated carbocycles. The van der Waals surface area contributed by atoms with E-state index in [1.165, 1.54) is 0 Å². The minimum atomic E-state index is -0.599. The van der Waals surface area contributed by atoms with Crippen LogP contribution in [-0.2, 0) is 12.8 Å². The Balaban J connectivity index is 3.35. The molecule has 0 atom stereocenters. The van der Waals surface area contributed by atoms with Crippen LogP contribution in [0.15, 0.2) is 12.1 Å². The number of aryl methyl sites for hydroxylation is 1. The molecule has 0 aromatic heterocycles. The topological polar surface area (TPSA) is 86.2 Å². The Morgan fingerprint density at radius 1 is 0.950 bits per heavy atom. The molecule has 4 N–H and O–H groups in total. The van der Waals surface area contributed by atoms with Crippen molar-refractivity contribution in [2.75, 3.05) is 0 Å². The van der Waals surface area contributed by atoms with Crippen molar-refractivity contribution in [2.45, 2.75) is 52.4 Å². The van der Waals surface area contributed by atoms with Crippen molar-refractivity contribution in [3.05, 3.63) is 34.4 Å². The van der Waals surface area contributed by atoms with Crippen LogP contribution in [0.25, 0.3) is 0 Å². The molecule has 20 heavy (non-hydrogen) atoms. The molecule has 0 aliphatic heterocycles. The molecule has 0 spiro atoms. The van der Waals surface area contributed by atoms with Gasteiger partial charge in [0, 0.05) is 0 Å². The molecule has 0 saturated heterocycles. The maximum Gasteiger partial charge on any atom is 0.249 e. The molecule has 1 aromatic rings. The molecule has 4 nitrogen and oxygen atoms in total. The number of amides is 2. The van der Waals surface area contributed by atoms with Gasteiger partial charge in [0.1, 0.15) is 0 Å². The van der Waals surface area contributed by atoms with E-state index in [1.807, 2.05) is 6.07 Å². The third kappa shape index (κ3) is 3.83. The van der Waals surface area contributed by atoms with Gasteiger partial charge in [-0.3, -0.25) is 9.59 Å². The number of hydrogen-bond donors (Lipinski definition) is 2. The summed E-state index contributed by atoms with van der Waals surface area (Å²) < 4.78 is 0. The summed E-state index contributed by atoms with van der Waals surface area (Å²) in [5.74, 6) is -1.16. The van der Waals surface area contributed by atoms with E-state index >= 15 is 0 Å². The smallest absolute Gasteiger partial charge is 0.249 e. The molecular weight excluding hydrogens is 252 g/mol. The zero-order valence-corrected chi connectivity index (χ0v) is 12.4. The Morgan fingerprint density at radius 2 is 1.55 bits per heavy atom. The predicted molar refractivity (Wildman–Crippen MR) is 80.7 cm³/mol. The van der Waals surface area contributed by atoms with Crippen molar-refractivity contribution in [3.63, 3.8) is 0 Å². The summed E-state index contributed by atoms with van der Waals surface area (Å²) in [4.78, 5) is 23.2. The third-order valence-electron chi connectivity index (χ3n) is 3.50. The fourth-order valence-corrected chi connectivity index (χ4v) is 2.42. The first-order valence-corrected chi connectivity index (χ1v) is 7.27. The molecule has 0 fully saturated rings. The van der Waals surface area contributed by atoms with Crippen LogP contribution in [0.3, 0.4) is 0 Å². The minimum Gasteiger partial charge on any atom is -0.366 e. The van der Waals surface area contributed by atoms with E-state index in [4.69, 9.17) is 11.5 Å². The summed E-state index contributed by atoms with van der Waals surface area (Å²) in [5.41, 5.74) is 13.4. The van der Waals surface area contributed by atoms with Gasteiger partial charge in [-0.25, -0.2) is 0 Å². The fourth-order valence-electron chi connectivity index (χ4n) is 2.42. The van der Waals surface area contributed by atoms with Gasteiger partial charge in [0.05, 0.1) is 11.1 Å². The van der Waals surface area contributed by atoms with Crippen LogP contribution >= 0.6 is 0 Å². The zero-order valence-electron chi connectivity index (χ0n) is 12.4. The maximum atomic E-state index is 11.8. The van der Waals surface area contributed by atoms with E-state index in [2.05, 4.69) is 13.8 Å². The lowest BCUT2D eigenvalue weighted by Crippen LogP contribution is -2.23. The molecular formula is C16H24N2O2. The van der Waals surface area contributed by atoms with Gasteiger partial charge in [-0.2, -0.15) is 0 Å². The van der Waals surface area contributed by atoms with E-state index in [1.54, 1.807) is 6.07 Å². The van der Waals surface area contributed by atoms with Crippen LogP contribution < -0.4 is 11.5 Å². The second-order valence-electron chi connectivity index (χ2n) is 5.06. The van der Waals surface area contributed by atoms with Crippen molar-refractivity contribution < 1.29 is 9.59 Å². The second-order valence-corrected chi connectivity index (χ2v) is 5.06. The van der Waals surface area contributed by atoms with Crippen LogP contribution in [0.5, 0.6) is 0 Å². The first-order chi connectivity index (χ1) is 9.52. The molecule has 0 bridgehead atoms. The summed E-state index contributed by atoms with van der Waals surface area (Å²) in [7, 11) is 0. The van der Waals surface area contributed by atoms with Crippen molar-refractivity contribution >= 4 is 11.8 Å². The maximum absolute atomic E-state index is 11.8. The highest BCUT2D eigenvalue weighted by Crippen LogP contribution is 2.23. The van der Waals surface area contributed by atoms with Gasteiger partial charge in [-0.05, 0) is 42.9 Å². The number of rotatable bonds is 8. The average Bonchev–Trinajstić information content (AvgIpc) is 2.41. The second kappa shape index (κ2) is 7.68. The Labute approximate surface area is 120 Å². The van der Waals surface area contributed by atoms with Crippen molar-refractivity contribution in [2.24, 2.45) is 11.5 Å². The van der Waals surface area contributed by atoms with Crippen molar-refractivity contribution in [1.29, 1.82) is 0 Å². The van der Waals surface area contributed by atoms with Crippen molar-refractivity contribution in [1.82, 2.24) is 0 Å². The number of primary amides is 2.